The highest BCUT2D eigenvalue weighted by Crippen LogP contribution is 2.31. The van der Waals surface area contributed by atoms with E-state index in [1.165, 1.54) is 0 Å². The topological polar surface area (TPSA) is 58.4 Å². The first-order chi connectivity index (χ1) is 11.3. The Balaban J connectivity index is 1.59. The van der Waals surface area contributed by atoms with Crippen molar-refractivity contribution in [2.45, 2.75) is 6.42 Å². The average Bonchev–Trinajstić information content (AvgIpc) is 3.14. The van der Waals surface area contributed by atoms with Gasteiger partial charge in [0.05, 0.1) is 10.2 Å². The van der Waals surface area contributed by atoms with Crippen LogP contribution >= 0.6 is 11.3 Å². The molecule has 1 aromatic carbocycles. The van der Waals surface area contributed by atoms with Gasteiger partial charge in [-0.15, -0.1) is 11.3 Å². The Morgan fingerprint density at radius 1 is 1.17 bits per heavy atom. The van der Waals surface area contributed by atoms with Crippen molar-refractivity contribution in [3.8, 4) is 10.8 Å². The highest BCUT2D eigenvalue weighted by atomic mass is 32.1. The maximum absolute atomic E-state index is 12.6. The molecule has 0 spiro atoms. The summed E-state index contributed by atoms with van der Waals surface area (Å²) in [6.07, 6.45) is 0.969. The fraction of sp³-hybridized carbons (Fsp3) is 0.294. The molecular formula is C17H17N3O2S. The number of thiazole rings is 1. The number of hydrogen-bond acceptors (Lipinski definition) is 5. The Morgan fingerprint density at radius 3 is 3.00 bits per heavy atom. The molecule has 3 aromatic rings. The lowest BCUT2D eigenvalue weighted by Gasteiger charge is -2.18. The van der Waals surface area contributed by atoms with Gasteiger partial charge in [-0.1, -0.05) is 12.1 Å². The molecule has 1 N–H and O–H groups in total. The number of nitrogens with one attached hydrogen (secondary N) is 1. The summed E-state index contributed by atoms with van der Waals surface area (Å²) in [7, 11) is 0. The predicted molar refractivity (Wildman–Crippen MR) is 90.7 cm³/mol. The number of nitrogens with zero attached hydrogens (tertiary/aromatic N) is 2. The van der Waals surface area contributed by atoms with Crippen molar-refractivity contribution < 1.29 is 9.21 Å². The molecule has 0 aliphatic carbocycles. The van der Waals surface area contributed by atoms with Gasteiger partial charge in [-0.3, -0.25) is 4.79 Å². The molecule has 0 saturated carbocycles. The summed E-state index contributed by atoms with van der Waals surface area (Å²) >= 11 is 1.57. The monoisotopic (exact) mass is 327 g/mol. The van der Waals surface area contributed by atoms with Crippen LogP contribution in [0, 0.1) is 0 Å². The van der Waals surface area contributed by atoms with Gasteiger partial charge in [0.1, 0.15) is 0 Å². The molecule has 0 atom stereocenters. The summed E-state index contributed by atoms with van der Waals surface area (Å²) in [5.41, 5.74) is 0.954. The van der Waals surface area contributed by atoms with Gasteiger partial charge in [0.15, 0.2) is 16.5 Å². The van der Waals surface area contributed by atoms with Gasteiger partial charge in [-0.25, -0.2) is 4.98 Å². The molecule has 1 saturated heterocycles. The van der Waals surface area contributed by atoms with Crippen LogP contribution in [0.5, 0.6) is 0 Å². The van der Waals surface area contributed by atoms with E-state index in [0.29, 0.717) is 11.5 Å². The lowest BCUT2D eigenvalue weighted by Crippen LogP contribution is -2.33. The molecule has 0 bridgehead atoms. The standard InChI is InChI=1S/C17H17N3O2S/c21-17(20-10-3-8-18-9-11-20)14-7-6-13(22-14)16-19-12-4-1-2-5-15(12)23-16/h1-2,4-7,18H,3,8-11H2. The number of benzene rings is 1. The number of furan rings is 1. The first kappa shape index (κ1) is 14.4. The zero-order valence-corrected chi connectivity index (χ0v) is 13.4. The summed E-state index contributed by atoms with van der Waals surface area (Å²) in [6, 6.07) is 11.6. The SMILES string of the molecule is O=C(c1ccc(-c2nc3ccccc3s2)o1)N1CCCNCC1. The van der Waals surface area contributed by atoms with E-state index in [4.69, 9.17) is 4.42 Å². The van der Waals surface area contributed by atoms with E-state index in [0.717, 1.165) is 47.8 Å². The number of para-hydroxylation sites is 1. The fourth-order valence-corrected chi connectivity index (χ4v) is 3.68. The average molecular weight is 327 g/mol. The van der Waals surface area contributed by atoms with Crippen LogP contribution in [0.1, 0.15) is 17.0 Å². The molecule has 5 nitrogen and oxygen atoms in total. The first-order valence-corrected chi connectivity index (χ1v) is 8.59. The normalized spacial score (nSPS) is 15.7. The minimum Gasteiger partial charge on any atom is -0.448 e. The van der Waals surface area contributed by atoms with Crippen LogP contribution in [0.25, 0.3) is 21.0 Å². The van der Waals surface area contributed by atoms with Crippen molar-refractivity contribution in [1.82, 2.24) is 15.2 Å². The molecule has 3 heterocycles. The van der Waals surface area contributed by atoms with E-state index in [2.05, 4.69) is 10.3 Å². The summed E-state index contributed by atoms with van der Waals surface area (Å²) in [4.78, 5) is 19.0. The molecule has 1 fully saturated rings. The van der Waals surface area contributed by atoms with Gasteiger partial charge in [-0.2, -0.15) is 0 Å². The van der Waals surface area contributed by atoms with Gasteiger partial charge in [0, 0.05) is 19.6 Å². The molecule has 118 valence electrons. The fourth-order valence-electron chi connectivity index (χ4n) is 2.75. The van der Waals surface area contributed by atoms with Crippen molar-refractivity contribution in [3.05, 3.63) is 42.2 Å². The Kier molecular flexibility index (Phi) is 3.85. The Hall–Kier alpha value is -2.18. The Bertz CT molecular complexity index is 798. The smallest absolute Gasteiger partial charge is 0.289 e. The maximum Gasteiger partial charge on any atom is 0.289 e. The number of aromatic nitrogens is 1. The molecule has 6 heteroatoms. The number of fused-ring (bicyclic) bond motifs is 1. The predicted octanol–water partition coefficient (Wildman–Crippen LogP) is 2.99. The third-order valence-electron chi connectivity index (χ3n) is 3.95. The second kappa shape index (κ2) is 6.14. The van der Waals surface area contributed by atoms with Crippen molar-refractivity contribution in [2.75, 3.05) is 26.2 Å². The van der Waals surface area contributed by atoms with Crippen molar-refractivity contribution >= 4 is 27.5 Å². The van der Waals surface area contributed by atoms with Crippen LogP contribution in [0.4, 0.5) is 0 Å². The number of rotatable bonds is 2. The van der Waals surface area contributed by atoms with Gasteiger partial charge < -0.3 is 14.6 Å². The summed E-state index contributed by atoms with van der Waals surface area (Å²) in [5.74, 6) is 1.00. The van der Waals surface area contributed by atoms with E-state index in [1.807, 2.05) is 35.2 Å². The van der Waals surface area contributed by atoms with Crippen LogP contribution in [0.2, 0.25) is 0 Å². The first-order valence-electron chi connectivity index (χ1n) is 7.77. The van der Waals surface area contributed by atoms with E-state index in [1.54, 1.807) is 17.4 Å². The van der Waals surface area contributed by atoms with Crippen molar-refractivity contribution in [3.63, 3.8) is 0 Å². The quantitative estimate of drug-likeness (QED) is 0.786. The summed E-state index contributed by atoms with van der Waals surface area (Å²) in [5, 5.41) is 4.10. The Morgan fingerprint density at radius 2 is 2.09 bits per heavy atom. The lowest BCUT2D eigenvalue weighted by atomic mass is 10.3. The van der Waals surface area contributed by atoms with Crippen LogP contribution in [0.15, 0.2) is 40.8 Å². The van der Waals surface area contributed by atoms with Gasteiger partial charge in [-0.05, 0) is 37.2 Å². The number of carbonyl (C=O) groups excluding carboxylic acids is 1. The zero-order valence-electron chi connectivity index (χ0n) is 12.6. The van der Waals surface area contributed by atoms with E-state index in [9.17, 15) is 4.79 Å². The zero-order chi connectivity index (χ0) is 15.6. The molecule has 1 aliphatic rings. The van der Waals surface area contributed by atoms with Gasteiger partial charge >= 0.3 is 0 Å². The van der Waals surface area contributed by atoms with Crippen LogP contribution in [0.3, 0.4) is 0 Å². The molecule has 2 aromatic heterocycles. The molecular weight excluding hydrogens is 310 g/mol. The van der Waals surface area contributed by atoms with Crippen molar-refractivity contribution in [1.29, 1.82) is 0 Å². The van der Waals surface area contributed by atoms with Crippen LogP contribution in [-0.2, 0) is 0 Å². The second-order valence-corrected chi connectivity index (χ2v) is 6.58. The van der Waals surface area contributed by atoms with Crippen LogP contribution in [-0.4, -0.2) is 42.0 Å². The minimum absolute atomic E-state index is 0.0407. The second-order valence-electron chi connectivity index (χ2n) is 5.55. The lowest BCUT2D eigenvalue weighted by molar-refractivity contribution is 0.0735. The summed E-state index contributed by atoms with van der Waals surface area (Å²) in [6.45, 7) is 3.27. The van der Waals surface area contributed by atoms with E-state index in [-0.39, 0.29) is 5.91 Å². The third-order valence-corrected chi connectivity index (χ3v) is 5.00. The van der Waals surface area contributed by atoms with Gasteiger partial charge in [0.25, 0.3) is 5.91 Å². The molecule has 23 heavy (non-hydrogen) atoms. The molecule has 0 radical (unpaired) electrons. The number of carbonyl (C=O) groups is 1. The molecule has 4 rings (SSSR count). The van der Waals surface area contributed by atoms with E-state index < -0.39 is 0 Å². The Labute approximate surface area is 137 Å². The minimum atomic E-state index is -0.0407. The summed E-state index contributed by atoms with van der Waals surface area (Å²) < 4.78 is 6.91. The van der Waals surface area contributed by atoms with Gasteiger partial charge in [0.2, 0.25) is 0 Å². The number of hydrogen-bond donors (Lipinski definition) is 1. The van der Waals surface area contributed by atoms with E-state index >= 15 is 0 Å². The molecule has 1 amide bonds. The molecule has 0 unspecified atom stereocenters. The van der Waals surface area contributed by atoms with Crippen molar-refractivity contribution in [2.24, 2.45) is 0 Å². The largest absolute Gasteiger partial charge is 0.448 e. The maximum atomic E-state index is 12.6. The van der Waals surface area contributed by atoms with Crippen LogP contribution < -0.4 is 5.32 Å². The molecule has 1 aliphatic heterocycles. The third kappa shape index (κ3) is 2.87. The number of amides is 1. The highest BCUT2D eigenvalue weighted by Gasteiger charge is 2.21. The highest BCUT2D eigenvalue weighted by molar-refractivity contribution is 7.21.